The van der Waals surface area contributed by atoms with E-state index in [1.165, 1.54) is 6.92 Å². The lowest BCUT2D eigenvalue weighted by molar-refractivity contribution is -0.312. The summed E-state index contributed by atoms with van der Waals surface area (Å²) in [5, 5.41) is 23.8. The van der Waals surface area contributed by atoms with Gasteiger partial charge in [-0.1, -0.05) is 6.92 Å². The van der Waals surface area contributed by atoms with E-state index in [4.69, 9.17) is 15.3 Å². The van der Waals surface area contributed by atoms with Crippen LogP contribution < -0.4 is 6.15 Å². The van der Waals surface area contributed by atoms with E-state index in [0.717, 1.165) is 0 Å². The van der Waals surface area contributed by atoms with Crippen molar-refractivity contribution in [3.8, 4) is 0 Å². The molecule has 0 aromatic carbocycles. The van der Waals surface area contributed by atoms with Gasteiger partial charge >= 0.3 is 0 Å². The molecule has 0 amide bonds. The molecule has 0 saturated carbocycles. The molecule has 46 valence electrons. The first-order valence-electron chi connectivity index (χ1n) is 1.73. The second kappa shape index (κ2) is 2.92. The molecule has 0 aliphatic rings. The lowest BCUT2D eigenvalue weighted by Gasteiger charge is -2.08. The van der Waals surface area contributed by atoms with Crippen molar-refractivity contribution in [2.45, 2.75) is 19.3 Å². The van der Waals surface area contributed by atoms with Gasteiger partial charge in [0.2, 0.25) is 0 Å². The van der Waals surface area contributed by atoms with Crippen LogP contribution >= 0.6 is 0 Å². The molecule has 0 spiro atoms. The van der Waals surface area contributed by atoms with E-state index in [1.54, 1.807) is 0 Å². The van der Waals surface area contributed by atoms with E-state index in [0.29, 0.717) is 0 Å². The van der Waals surface area contributed by atoms with Gasteiger partial charge in [0.05, 0.1) is 0 Å². The molecule has 0 aromatic heterocycles. The summed E-state index contributed by atoms with van der Waals surface area (Å²) >= 11 is 0. The molecular formula is C3H11NO3. The molecule has 0 aliphatic heterocycles. The molecule has 7 heavy (non-hydrogen) atoms. The van der Waals surface area contributed by atoms with Crippen LogP contribution in [0.2, 0.25) is 0 Å². The lowest BCUT2D eigenvalue weighted by atomic mass is 10.4. The van der Waals surface area contributed by atoms with Crippen LogP contribution in [0.1, 0.15) is 13.3 Å². The van der Waals surface area contributed by atoms with Crippen molar-refractivity contribution >= 4 is 0 Å². The molecule has 0 saturated heterocycles. The molecule has 0 rings (SSSR count). The van der Waals surface area contributed by atoms with Crippen molar-refractivity contribution in [3.05, 3.63) is 0 Å². The zero-order valence-corrected chi connectivity index (χ0v) is 4.26. The molecule has 0 bridgehead atoms. The van der Waals surface area contributed by atoms with E-state index < -0.39 is 5.97 Å². The fourth-order valence-electron chi connectivity index (χ4n) is 0. The summed E-state index contributed by atoms with van der Waals surface area (Å²) in [6.45, 7) is 1.46. The monoisotopic (exact) mass is 109 g/mol. The zero-order chi connectivity index (χ0) is 5.21. The summed E-state index contributed by atoms with van der Waals surface area (Å²) in [5.41, 5.74) is 0. The van der Waals surface area contributed by atoms with Gasteiger partial charge in [-0.25, -0.2) is 0 Å². The molecule has 0 radical (unpaired) electrons. The molecule has 0 unspecified atom stereocenters. The van der Waals surface area contributed by atoms with Gasteiger partial charge in [0.1, 0.15) is 0 Å². The van der Waals surface area contributed by atoms with Crippen molar-refractivity contribution in [2.75, 3.05) is 0 Å². The van der Waals surface area contributed by atoms with E-state index in [1.807, 2.05) is 0 Å². The summed E-state index contributed by atoms with van der Waals surface area (Å²) in [6, 6.07) is 0. The minimum atomic E-state index is -2.46. The number of hydrogen-bond acceptors (Lipinski definition) is 4. The Morgan fingerprint density at radius 1 is 1.29 bits per heavy atom. The van der Waals surface area contributed by atoms with Crippen molar-refractivity contribution in [1.82, 2.24) is 6.15 Å². The van der Waals surface area contributed by atoms with Crippen LogP contribution in [0.3, 0.4) is 0 Å². The second-order valence-electron chi connectivity index (χ2n) is 1.13. The smallest absolute Gasteiger partial charge is 0.274 e. The second-order valence-corrected chi connectivity index (χ2v) is 1.13. The maximum Gasteiger partial charge on any atom is 0.274 e. The maximum atomic E-state index is 7.94. The summed E-state index contributed by atoms with van der Waals surface area (Å²) < 4.78 is 0. The topological polar surface area (TPSA) is 95.7 Å². The molecule has 0 aromatic rings. The highest BCUT2D eigenvalue weighted by Gasteiger charge is 2.11. The van der Waals surface area contributed by atoms with Crippen molar-refractivity contribution < 1.29 is 15.3 Å². The molecule has 0 aliphatic carbocycles. The molecule has 4 heteroatoms. The highest BCUT2D eigenvalue weighted by Crippen LogP contribution is 1.95. The molecule has 6 N–H and O–H groups in total. The van der Waals surface area contributed by atoms with E-state index in [2.05, 4.69) is 0 Å². The van der Waals surface area contributed by atoms with E-state index in [-0.39, 0.29) is 12.6 Å². The standard InChI is InChI=1S/C3H8O3.H3N/c1-2-3(4,5)6;/h4-6H,2H2,1H3;1H3. The van der Waals surface area contributed by atoms with E-state index >= 15 is 0 Å². The van der Waals surface area contributed by atoms with Crippen LogP contribution in [0, 0.1) is 0 Å². The number of rotatable bonds is 1. The van der Waals surface area contributed by atoms with Gasteiger partial charge in [-0.15, -0.1) is 0 Å². The third-order valence-electron chi connectivity index (χ3n) is 0.474. The van der Waals surface area contributed by atoms with Gasteiger partial charge in [-0.2, -0.15) is 0 Å². The Morgan fingerprint density at radius 3 is 1.43 bits per heavy atom. The Bertz CT molecular complexity index is 39.9. The number of aliphatic hydroxyl groups is 3. The molecule has 4 nitrogen and oxygen atoms in total. The Morgan fingerprint density at radius 2 is 1.43 bits per heavy atom. The Labute approximate surface area is 42.0 Å². The van der Waals surface area contributed by atoms with Crippen molar-refractivity contribution in [3.63, 3.8) is 0 Å². The highest BCUT2D eigenvalue weighted by molar-refractivity contribution is 4.35. The zero-order valence-electron chi connectivity index (χ0n) is 4.26. The normalized spacial score (nSPS) is 10.3. The van der Waals surface area contributed by atoms with Gasteiger partial charge in [0.25, 0.3) is 5.97 Å². The Kier molecular flexibility index (Phi) is 4.16. The molecule has 0 fully saturated rings. The fourth-order valence-corrected chi connectivity index (χ4v) is 0. The predicted octanol–water partition coefficient (Wildman–Crippen LogP) is -0.811. The van der Waals surface area contributed by atoms with Crippen molar-refractivity contribution in [2.24, 2.45) is 0 Å². The average Bonchev–Trinajstić information content (AvgIpc) is 1.35. The van der Waals surface area contributed by atoms with Crippen LogP contribution in [0.4, 0.5) is 0 Å². The number of hydrogen-bond donors (Lipinski definition) is 4. The largest absolute Gasteiger partial charge is 0.344 e. The summed E-state index contributed by atoms with van der Waals surface area (Å²) in [5.74, 6) is -2.46. The summed E-state index contributed by atoms with van der Waals surface area (Å²) in [6.07, 6.45) is -0.0625. The molecular weight excluding hydrogens is 98.0 g/mol. The van der Waals surface area contributed by atoms with Gasteiger partial charge in [0, 0.05) is 6.42 Å². The van der Waals surface area contributed by atoms with Crippen LogP contribution in [-0.4, -0.2) is 21.3 Å². The first-order chi connectivity index (χ1) is 2.56. The quantitative estimate of drug-likeness (QED) is 0.331. The first kappa shape index (κ1) is 9.96. The molecule has 0 atom stereocenters. The fraction of sp³-hybridized carbons (Fsp3) is 1.00. The third kappa shape index (κ3) is 10.7. The van der Waals surface area contributed by atoms with Crippen LogP contribution in [0.5, 0.6) is 0 Å². The first-order valence-corrected chi connectivity index (χ1v) is 1.73. The van der Waals surface area contributed by atoms with Gasteiger partial charge in [-0.3, -0.25) is 0 Å². The van der Waals surface area contributed by atoms with E-state index in [9.17, 15) is 0 Å². The minimum Gasteiger partial charge on any atom is -0.344 e. The Hall–Kier alpha value is -0.160. The predicted molar refractivity (Wildman–Crippen MR) is 24.7 cm³/mol. The van der Waals surface area contributed by atoms with Crippen LogP contribution in [0.25, 0.3) is 0 Å². The minimum absolute atomic E-state index is 0. The van der Waals surface area contributed by atoms with Crippen LogP contribution in [-0.2, 0) is 0 Å². The van der Waals surface area contributed by atoms with Gasteiger partial charge < -0.3 is 21.5 Å². The van der Waals surface area contributed by atoms with Crippen LogP contribution in [0.15, 0.2) is 0 Å². The molecule has 0 heterocycles. The Balaban J connectivity index is 0. The SMILES string of the molecule is CCC(O)(O)O.N. The maximum absolute atomic E-state index is 7.94. The summed E-state index contributed by atoms with van der Waals surface area (Å²) in [7, 11) is 0. The average molecular weight is 109 g/mol. The summed E-state index contributed by atoms with van der Waals surface area (Å²) in [4.78, 5) is 0. The highest BCUT2D eigenvalue weighted by atomic mass is 16.7. The van der Waals surface area contributed by atoms with Gasteiger partial charge in [-0.05, 0) is 0 Å². The lowest BCUT2D eigenvalue weighted by Crippen LogP contribution is -2.24. The third-order valence-corrected chi connectivity index (χ3v) is 0.474. The van der Waals surface area contributed by atoms with Crippen molar-refractivity contribution in [1.29, 1.82) is 0 Å². The van der Waals surface area contributed by atoms with Gasteiger partial charge in [0.15, 0.2) is 0 Å².